The summed E-state index contributed by atoms with van der Waals surface area (Å²) >= 11 is 6.08. The predicted molar refractivity (Wildman–Crippen MR) is 118 cm³/mol. The lowest BCUT2D eigenvalue weighted by Crippen LogP contribution is -2.47. The lowest BCUT2D eigenvalue weighted by molar-refractivity contribution is 0.261. The van der Waals surface area contributed by atoms with Crippen LogP contribution in [0.1, 0.15) is 49.9 Å². The van der Waals surface area contributed by atoms with Gasteiger partial charge in [-0.1, -0.05) is 24.9 Å². The molecule has 2 unspecified atom stereocenters. The summed E-state index contributed by atoms with van der Waals surface area (Å²) in [6.07, 6.45) is 5.80. The zero-order valence-corrected chi connectivity index (χ0v) is 18.9. The highest BCUT2D eigenvalue weighted by atomic mass is 35.5. The quantitative estimate of drug-likeness (QED) is 0.643. The van der Waals surface area contributed by atoms with E-state index in [1.165, 1.54) is 0 Å². The van der Waals surface area contributed by atoms with Crippen molar-refractivity contribution in [2.24, 2.45) is 0 Å². The van der Waals surface area contributed by atoms with Gasteiger partial charge in [0.15, 0.2) is 11.6 Å². The van der Waals surface area contributed by atoms with Crippen LogP contribution < -0.4 is 10.6 Å². The van der Waals surface area contributed by atoms with E-state index in [9.17, 15) is 12.8 Å². The molecule has 2 N–H and O–H groups in total. The predicted octanol–water partition coefficient (Wildman–Crippen LogP) is 3.23. The summed E-state index contributed by atoms with van der Waals surface area (Å²) in [6.45, 7) is 3.19. The van der Waals surface area contributed by atoms with Gasteiger partial charge in [0.2, 0.25) is 10.0 Å². The first-order valence-corrected chi connectivity index (χ1v) is 12.5. The summed E-state index contributed by atoms with van der Waals surface area (Å²) in [5.74, 6) is 0.609. The molecule has 2 aromatic rings. The molecule has 11 heteroatoms. The summed E-state index contributed by atoms with van der Waals surface area (Å²) in [7, 11) is -3.32. The van der Waals surface area contributed by atoms with E-state index in [4.69, 9.17) is 11.6 Å². The van der Waals surface area contributed by atoms with Crippen molar-refractivity contribution in [1.82, 2.24) is 19.3 Å². The van der Waals surface area contributed by atoms with Crippen molar-refractivity contribution in [1.29, 1.82) is 0 Å². The van der Waals surface area contributed by atoms with E-state index < -0.39 is 15.8 Å². The number of rotatable bonds is 7. The lowest BCUT2D eigenvalue weighted by atomic mass is 10.0. The zero-order chi connectivity index (χ0) is 22.0. The molecule has 2 aliphatic rings. The second-order valence-corrected chi connectivity index (χ2v) is 10.4. The van der Waals surface area contributed by atoms with E-state index in [2.05, 4.69) is 25.6 Å². The fraction of sp³-hybridized carbons (Fsp3) is 0.550. The molecule has 1 saturated heterocycles. The highest BCUT2D eigenvalue weighted by Gasteiger charge is 2.32. The van der Waals surface area contributed by atoms with Crippen molar-refractivity contribution in [3.63, 3.8) is 0 Å². The first-order valence-electron chi connectivity index (χ1n) is 10.5. The SMILES string of the molecule is CCCS(=O)(=O)N1CCCCC1CNc1nc(C2CNc3ncc(Cl)cc32)ncc1F. The normalized spacial score (nSPS) is 21.5. The molecule has 4 heterocycles. The first kappa shape index (κ1) is 22.2. The number of hydrogen-bond donors (Lipinski definition) is 2. The van der Waals surface area contributed by atoms with E-state index in [0.29, 0.717) is 36.9 Å². The fourth-order valence-corrected chi connectivity index (χ4v) is 6.17. The second-order valence-electron chi connectivity index (χ2n) is 7.91. The van der Waals surface area contributed by atoms with Crippen LogP contribution in [0.25, 0.3) is 0 Å². The minimum atomic E-state index is -3.32. The number of anilines is 2. The minimum absolute atomic E-state index is 0.0758. The van der Waals surface area contributed by atoms with Gasteiger partial charge in [0.05, 0.1) is 22.9 Å². The Balaban J connectivity index is 1.52. The maximum Gasteiger partial charge on any atom is 0.214 e. The van der Waals surface area contributed by atoms with Crippen molar-refractivity contribution >= 4 is 33.3 Å². The monoisotopic (exact) mass is 468 g/mol. The van der Waals surface area contributed by atoms with Crippen LogP contribution in [0.3, 0.4) is 0 Å². The average Bonchev–Trinajstić information content (AvgIpc) is 3.16. The lowest BCUT2D eigenvalue weighted by Gasteiger charge is -2.34. The van der Waals surface area contributed by atoms with Crippen LogP contribution in [0.5, 0.6) is 0 Å². The third kappa shape index (κ3) is 4.75. The van der Waals surface area contributed by atoms with Crippen LogP contribution in [0, 0.1) is 5.82 Å². The molecule has 0 spiro atoms. The number of aromatic nitrogens is 3. The van der Waals surface area contributed by atoms with Crippen LogP contribution in [-0.4, -0.2) is 59.1 Å². The van der Waals surface area contributed by atoms with Crippen molar-refractivity contribution in [2.45, 2.75) is 44.6 Å². The number of nitrogens with zero attached hydrogens (tertiary/aromatic N) is 4. The van der Waals surface area contributed by atoms with Gasteiger partial charge in [-0.15, -0.1) is 0 Å². The van der Waals surface area contributed by atoms with Gasteiger partial charge >= 0.3 is 0 Å². The standard InChI is InChI=1S/C20H26ClFN6O2S/c1-2-7-31(29,30)28-6-4-3-5-14(28)10-24-20-17(22)12-26-19(27-20)16-11-25-18-15(16)8-13(21)9-23-18/h8-9,12,14,16H,2-7,10-11H2,1H3,(H,23,25)(H,24,26,27). The molecule has 2 atom stereocenters. The number of piperidine rings is 1. The molecule has 168 valence electrons. The summed E-state index contributed by atoms with van der Waals surface area (Å²) in [4.78, 5) is 12.9. The van der Waals surface area contributed by atoms with Crippen molar-refractivity contribution in [3.8, 4) is 0 Å². The minimum Gasteiger partial charge on any atom is -0.369 e. The number of sulfonamides is 1. The van der Waals surface area contributed by atoms with E-state index in [1.54, 1.807) is 10.5 Å². The van der Waals surface area contributed by atoms with Gasteiger partial charge in [-0.25, -0.2) is 27.8 Å². The van der Waals surface area contributed by atoms with Gasteiger partial charge < -0.3 is 10.6 Å². The number of nitrogens with one attached hydrogen (secondary N) is 2. The van der Waals surface area contributed by atoms with Crippen molar-refractivity contribution in [3.05, 3.63) is 40.7 Å². The highest BCUT2D eigenvalue weighted by molar-refractivity contribution is 7.89. The van der Waals surface area contributed by atoms with Crippen molar-refractivity contribution in [2.75, 3.05) is 36.0 Å². The van der Waals surface area contributed by atoms with Gasteiger partial charge in [-0.05, 0) is 25.3 Å². The maximum atomic E-state index is 14.5. The molecule has 4 rings (SSSR count). The van der Waals surface area contributed by atoms with Gasteiger partial charge in [-0.2, -0.15) is 4.31 Å². The molecular formula is C20H26ClFN6O2S. The third-order valence-electron chi connectivity index (χ3n) is 5.70. The topological polar surface area (TPSA) is 100 Å². The number of hydrogen-bond acceptors (Lipinski definition) is 7. The van der Waals surface area contributed by atoms with E-state index in [1.807, 2.05) is 13.0 Å². The molecule has 0 radical (unpaired) electrons. The molecule has 0 saturated carbocycles. The molecule has 0 bridgehead atoms. The van der Waals surface area contributed by atoms with Crippen LogP contribution in [-0.2, 0) is 10.0 Å². The maximum absolute atomic E-state index is 14.5. The summed E-state index contributed by atoms with van der Waals surface area (Å²) in [5, 5.41) is 6.74. The van der Waals surface area contributed by atoms with E-state index >= 15 is 0 Å². The Kier molecular flexibility index (Phi) is 6.59. The Morgan fingerprint density at radius 2 is 2.16 bits per heavy atom. The molecule has 8 nitrogen and oxygen atoms in total. The second kappa shape index (κ2) is 9.22. The number of halogens is 2. The smallest absolute Gasteiger partial charge is 0.214 e. The van der Waals surface area contributed by atoms with Gasteiger partial charge in [0.1, 0.15) is 11.6 Å². The van der Waals surface area contributed by atoms with Gasteiger partial charge in [-0.3, -0.25) is 0 Å². The zero-order valence-electron chi connectivity index (χ0n) is 17.3. The van der Waals surface area contributed by atoms with Crippen molar-refractivity contribution < 1.29 is 12.8 Å². The molecule has 1 fully saturated rings. The van der Waals surface area contributed by atoms with E-state index in [-0.39, 0.29) is 23.5 Å². The highest BCUT2D eigenvalue weighted by Crippen LogP contribution is 2.35. The number of pyridine rings is 1. The Morgan fingerprint density at radius 3 is 2.97 bits per heavy atom. The molecule has 2 aromatic heterocycles. The summed E-state index contributed by atoms with van der Waals surface area (Å²) in [6, 6.07) is 1.59. The van der Waals surface area contributed by atoms with Crippen LogP contribution in [0.4, 0.5) is 16.0 Å². The van der Waals surface area contributed by atoms with Crippen LogP contribution in [0.2, 0.25) is 5.02 Å². The molecule has 0 aromatic carbocycles. The average molecular weight is 469 g/mol. The molecule has 2 aliphatic heterocycles. The number of fused-ring (bicyclic) bond motifs is 1. The molecular weight excluding hydrogens is 443 g/mol. The third-order valence-corrected chi connectivity index (χ3v) is 8.03. The molecule has 0 aliphatic carbocycles. The Morgan fingerprint density at radius 1 is 1.32 bits per heavy atom. The fourth-order valence-electron chi connectivity index (χ4n) is 4.21. The summed E-state index contributed by atoms with van der Waals surface area (Å²) < 4.78 is 41.3. The van der Waals surface area contributed by atoms with Gasteiger partial charge in [0.25, 0.3) is 0 Å². The molecule has 0 amide bonds. The first-order chi connectivity index (χ1) is 14.9. The Labute approximate surface area is 186 Å². The Bertz CT molecular complexity index is 1050. The van der Waals surface area contributed by atoms with Gasteiger partial charge in [0, 0.05) is 37.4 Å². The largest absolute Gasteiger partial charge is 0.369 e. The summed E-state index contributed by atoms with van der Waals surface area (Å²) in [5.41, 5.74) is 0.870. The Hall–Kier alpha value is -2.04. The van der Waals surface area contributed by atoms with Crippen LogP contribution in [0.15, 0.2) is 18.5 Å². The van der Waals surface area contributed by atoms with E-state index in [0.717, 1.165) is 36.8 Å². The van der Waals surface area contributed by atoms with Crippen LogP contribution >= 0.6 is 11.6 Å². The molecule has 31 heavy (non-hydrogen) atoms.